The summed E-state index contributed by atoms with van der Waals surface area (Å²) in [4.78, 5) is 24.6. The first-order valence-electron chi connectivity index (χ1n) is 6.23. The van der Waals surface area contributed by atoms with Crippen LogP contribution < -0.4 is 0 Å². The van der Waals surface area contributed by atoms with Gasteiger partial charge in [0, 0.05) is 12.2 Å². The second-order valence-corrected chi connectivity index (χ2v) is 4.92. The molecule has 5 nitrogen and oxygen atoms in total. The Hall–Kier alpha value is -1.52. The number of rotatable bonds is 4. The number of carboxylic acids is 2. The summed E-state index contributed by atoms with van der Waals surface area (Å²) in [6.45, 7) is 8.13. The van der Waals surface area contributed by atoms with E-state index in [1.54, 1.807) is 6.92 Å². The summed E-state index contributed by atoms with van der Waals surface area (Å²) in [5.74, 6) is -2.63. The molecule has 1 aliphatic heterocycles. The van der Waals surface area contributed by atoms with Gasteiger partial charge in [-0.05, 0) is 33.6 Å². The van der Waals surface area contributed by atoms with Crippen LogP contribution in [0.25, 0.3) is 0 Å². The fourth-order valence-corrected chi connectivity index (χ4v) is 2.94. The Balaban J connectivity index is 3.37. The standard InChI is InChI=1S/C13H21NO4/c1-5-13(4)10(12(17)18)7-9(11(15)16)8(3)14(13)6-2/h10H,5-7H2,1-4H3,(H,15,16)(H,17,18). The molecule has 1 rings (SSSR count). The molecule has 0 saturated heterocycles. The van der Waals surface area contributed by atoms with Gasteiger partial charge in [-0.2, -0.15) is 0 Å². The Morgan fingerprint density at radius 1 is 1.39 bits per heavy atom. The molecule has 0 radical (unpaired) electrons. The zero-order valence-electron chi connectivity index (χ0n) is 11.4. The zero-order valence-corrected chi connectivity index (χ0v) is 11.4. The van der Waals surface area contributed by atoms with E-state index >= 15 is 0 Å². The van der Waals surface area contributed by atoms with Crippen LogP contribution in [0.4, 0.5) is 0 Å². The van der Waals surface area contributed by atoms with E-state index in [4.69, 9.17) is 0 Å². The Morgan fingerprint density at radius 2 is 1.94 bits per heavy atom. The lowest BCUT2D eigenvalue weighted by atomic mass is 9.74. The van der Waals surface area contributed by atoms with Crippen molar-refractivity contribution in [2.75, 3.05) is 6.54 Å². The fraction of sp³-hybridized carbons (Fsp3) is 0.692. The third-order valence-electron chi connectivity index (χ3n) is 4.21. The number of aliphatic carboxylic acids is 2. The maximum Gasteiger partial charge on any atom is 0.333 e. The van der Waals surface area contributed by atoms with Crippen LogP contribution in [-0.4, -0.2) is 39.1 Å². The lowest BCUT2D eigenvalue weighted by Gasteiger charge is -2.49. The van der Waals surface area contributed by atoms with Crippen LogP contribution >= 0.6 is 0 Å². The highest BCUT2D eigenvalue weighted by Crippen LogP contribution is 2.41. The van der Waals surface area contributed by atoms with Crippen molar-refractivity contribution >= 4 is 11.9 Å². The minimum Gasteiger partial charge on any atom is -0.481 e. The van der Waals surface area contributed by atoms with E-state index < -0.39 is 23.4 Å². The number of hydrogen-bond acceptors (Lipinski definition) is 3. The summed E-state index contributed by atoms with van der Waals surface area (Å²) < 4.78 is 0. The SMILES string of the molecule is CCN1C(C)=C(C(=O)O)CC(C(=O)O)C1(C)CC. The molecule has 2 N–H and O–H groups in total. The molecule has 0 aliphatic carbocycles. The monoisotopic (exact) mass is 255 g/mol. The fourth-order valence-electron chi connectivity index (χ4n) is 2.94. The first-order valence-corrected chi connectivity index (χ1v) is 6.23. The summed E-state index contributed by atoms with van der Waals surface area (Å²) >= 11 is 0. The highest BCUT2D eigenvalue weighted by Gasteiger charge is 2.47. The molecule has 0 aromatic rings. The van der Waals surface area contributed by atoms with Gasteiger partial charge in [-0.3, -0.25) is 4.79 Å². The number of carboxylic acid groups (broad SMARTS) is 2. The Morgan fingerprint density at radius 3 is 2.28 bits per heavy atom. The van der Waals surface area contributed by atoms with Gasteiger partial charge in [0.1, 0.15) is 0 Å². The van der Waals surface area contributed by atoms with Crippen molar-refractivity contribution < 1.29 is 19.8 Å². The second-order valence-electron chi connectivity index (χ2n) is 4.92. The van der Waals surface area contributed by atoms with Crippen LogP contribution in [-0.2, 0) is 9.59 Å². The van der Waals surface area contributed by atoms with Crippen LogP contribution in [0.3, 0.4) is 0 Å². The van der Waals surface area contributed by atoms with E-state index in [1.807, 2.05) is 25.7 Å². The molecule has 0 amide bonds. The van der Waals surface area contributed by atoms with Crippen molar-refractivity contribution in [1.82, 2.24) is 4.90 Å². The van der Waals surface area contributed by atoms with Crippen molar-refractivity contribution in [3.63, 3.8) is 0 Å². The lowest BCUT2D eigenvalue weighted by molar-refractivity contribution is -0.148. The minimum absolute atomic E-state index is 0.0946. The number of allylic oxidation sites excluding steroid dienone is 1. The van der Waals surface area contributed by atoms with E-state index in [0.717, 1.165) is 0 Å². The first kappa shape index (κ1) is 14.5. The van der Waals surface area contributed by atoms with Crippen molar-refractivity contribution in [2.24, 2.45) is 5.92 Å². The molecule has 0 aromatic heterocycles. The second kappa shape index (κ2) is 5.00. The molecule has 0 spiro atoms. The van der Waals surface area contributed by atoms with E-state index in [0.29, 0.717) is 18.7 Å². The molecule has 0 bridgehead atoms. The molecule has 2 atom stereocenters. The molecular weight excluding hydrogens is 234 g/mol. The van der Waals surface area contributed by atoms with Crippen LogP contribution in [0.5, 0.6) is 0 Å². The maximum atomic E-state index is 11.4. The molecular formula is C13H21NO4. The summed E-state index contributed by atoms with van der Waals surface area (Å²) in [5, 5.41) is 18.5. The van der Waals surface area contributed by atoms with Gasteiger partial charge in [-0.25, -0.2) is 4.79 Å². The van der Waals surface area contributed by atoms with Gasteiger partial charge in [-0.15, -0.1) is 0 Å². The number of nitrogens with zero attached hydrogens (tertiary/aromatic N) is 1. The molecule has 1 heterocycles. The molecule has 5 heteroatoms. The summed E-state index contributed by atoms with van der Waals surface area (Å²) in [6, 6.07) is 0. The minimum atomic E-state index is -1.02. The van der Waals surface area contributed by atoms with Crippen LogP contribution in [0, 0.1) is 5.92 Å². The van der Waals surface area contributed by atoms with Crippen molar-refractivity contribution in [2.45, 2.75) is 46.1 Å². The Bertz CT molecular complexity index is 402. The Labute approximate surface area is 107 Å². The third-order valence-corrected chi connectivity index (χ3v) is 4.21. The zero-order chi connectivity index (χ0) is 14.1. The van der Waals surface area contributed by atoms with Gasteiger partial charge >= 0.3 is 11.9 Å². The van der Waals surface area contributed by atoms with Crippen molar-refractivity contribution in [3.05, 3.63) is 11.3 Å². The largest absolute Gasteiger partial charge is 0.481 e. The van der Waals surface area contributed by atoms with E-state index in [9.17, 15) is 19.8 Å². The van der Waals surface area contributed by atoms with Gasteiger partial charge in [0.25, 0.3) is 0 Å². The molecule has 2 unspecified atom stereocenters. The third kappa shape index (κ3) is 2.09. The van der Waals surface area contributed by atoms with E-state index in [2.05, 4.69) is 0 Å². The molecule has 102 valence electrons. The normalized spacial score (nSPS) is 28.4. The Kier molecular flexibility index (Phi) is 4.04. The van der Waals surface area contributed by atoms with Crippen molar-refractivity contribution in [1.29, 1.82) is 0 Å². The average molecular weight is 255 g/mol. The van der Waals surface area contributed by atoms with E-state index in [1.165, 1.54) is 0 Å². The predicted molar refractivity (Wildman–Crippen MR) is 67.2 cm³/mol. The molecule has 0 aromatic carbocycles. The van der Waals surface area contributed by atoms with Gasteiger partial charge in [0.15, 0.2) is 0 Å². The number of hydrogen-bond donors (Lipinski definition) is 2. The van der Waals surface area contributed by atoms with Gasteiger partial charge < -0.3 is 15.1 Å². The smallest absolute Gasteiger partial charge is 0.333 e. The van der Waals surface area contributed by atoms with Gasteiger partial charge in [0.05, 0.1) is 17.0 Å². The molecule has 1 aliphatic rings. The summed E-state index contributed by atoms with van der Waals surface area (Å²) in [5.41, 5.74) is 0.380. The highest BCUT2D eigenvalue weighted by molar-refractivity contribution is 5.89. The molecule has 18 heavy (non-hydrogen) atoms. The summed E-state index contributed by atoms with van der Waals surface area (Å²) in [7, 11) is 0. The van der Waals surface area contributed by atoms with Crippen LogP contribution in [0.2, 0.25) is 0 Å². The van der Waals surface area contributed by atoms with E-state index in [-0.39, 0.29) is 12.0 Å². The van der Waals surface area contributed by atoms with Crippen LogP contribution in [0.15, 0.2) is 11.3 Å². The quantitative estimate of drug-likeness (QED) is 0.802. The topological polar surface area (TPSA) is 77.8 Å². The molecule has 0 saturated carbocycles. The summed E-state index contributed by atoms with van der Waals surface area (Å²) in [6.07, 6.45) is 0.763. The predicted octanol–water partition coefficient (Wildman–Crippen LogP) is 1.94. The number of carbonyl (C=O) groups is 2. The van der Waals surface area contributed by atoms with Crippen LogP contribution in [0.1, 0.15) is 40.5 Å². The average Bonchev–Trinajstić information content (AvgIpc) is 2.28. The van der Waals surface area contributed by atoms with Gasteiger partial charge in [0.2, 0.25) is 0 Å². The molecule has 0 fully saturated rings. The maximum absolute atomic E-state index is 11.4. The first-order chi connectivity index (χ1) is 8.29. The lowest BCUT2D eigenvalue weighted by Crippen LogP contribution is -2.56. The van der Waals surface area contributed by atoms with Gasteiger partial charge in [-0.1, -0.05) is 6.92 Å². The highest BCUT2D eigenvalue weighted by atomic mass is 16.4. The van der Waals surface area contributed by atoms with Crippen molar-refractivity contribution in [3.8, 4) is 0 Å².